The van der Waals surface area contributed by atoms with E-state index in [2.05, 4.69) is 0 Å². The Morgan fingerprint density at radius 3 is 2.12 bits per heavy atom. The predicted molar refractivity (Wildman–Crippen MR) is 58.9 cm³/mol. The molecule has 96 valence electrons. The normalized spacial score (nSPS) is 17.7. The average Bonchev–Trinajstić information content (AvgIpc) is 1.99. The first-order valence-electron chi connectivity index (χ1n) is 5.29. The monoisotopic (exact) mass is 234 g/mol. The summed E-state index contributed by atoms with van der Waals surface area (Å²) in [6, 6.07) is 0. The lowest BCUT2D eigenvalue weighted by atomic mass is 10.1. The van der Waals surface area contributed by atoms with Crippen molar-refractivity contribution in [1.82, 2.24) is 0 Å². The van der Waals surface area contributed by atoms with E-state index < -0.39 is 29.9 Å². The maximum absolute atomic E-state index is 11.6. The number of carbonyl (C=O) groups is 1. The van der Waals surface area contributed by atoms with Gasteiger partial charge in [-0.3, -0.25) is 0 Å². The van der Waals surface area contributed by atoms with Gasteiger partial charge in [-0.2, -0.15) is 0 Å². The lowest BCUT2D eigenvalue weighted by Gasteiger charge is -2.26. The Morgan fingerprint density at radius 1 is 1.31 bits per heavy atom. The Hall–Kier alpha value is -0.650. The molecule has 16 heavy (non-hydrogen) atoms. The highest BCUT2D eigenvalue weighted by Gasteiger charge is 2.31. The van der Waals surface area contributed by atoms with Crippen LogP contribution in [0.4, 0.5) is 0 Å². The molecule has 0 spiro atoms. The summed E-state index contributed by atoms with van der Waals surface area (Å²) in [4.78, 5) is 11.6. The predicted octanol–water partition coefficient (Wildman–Crippen LogP) is 0.475. The summed E-state index contributed by atoms with van der Waals surface area (Å²) in [5, 5.41) is 18.8. The quantitative estimate of drug-likeness (QED) is 0.676. The van der Waals surface area contributed by atoms with E-state index in [-0.39, 0.29) is 6.42 Å². The third-order valence-corrected chi connectivity index (χ3v) is 1.83. The summed E-state index contributed by atoms with van der Waals surface area (Å²) in [7, 11) is 1.32. The number of methoxy groups -OCH3 is 1. The van der Waals surface area contributed by atoms with Crippen LogP contribution in [-0.2, 0) is 14.3 Å². The largest absolute Gasteiger partial charge is 0.458 e. The number of hydrogen-bond acceptors (Lipinski definition) is 5. The molecule has 0 saturated heterocycles. The van der Waals surface area contributed by atoms with Crippen LogP contribution in [0.2, 0.25) is 0 Å². The molecule has 0 aliphatic rings. The highest BCUT2D eigenvalue weighted by molar-refractivity contribution is 5.75. The van der Waals surface area contributed by atoms with Crippen LogP contribution in [0, 0.1) is 0 Å². The van der Waals surface area contributed by atoms with Gasteiger partial charge in [0, 0.05) is 13.5 Å². The first kappa shape index (κ1) is 15.3. The van der Waals surface area contributed by atoms with E-state index in [1.54, 1.807) is 20.8 Å². The molecule has 0 aromatic rings. The minimum atomic E-state index is -1.07. The second kappa shape index (κ2) is 6.18. The molecule has 5 heteroatoms. The molecule has 0 rings (SSSR count). The van der Waals surface area contributed by atoms with Gasteiger partial charge in [-0.05, 0) is 27.7 Å². The van der Waals surface area contributed by atoms with Gasteiger partial charge < -0.3 is 19.7 Å². The summed E-state index contributed by atoms with van der Waals surface area (Å²) in [6.45, 7) is 6.74. The Morgan fingerprint density at radius 2 is 1.81 bits per heavy atom. The van der Waals surface area contributed by atoms with Gasteiger partial charge in [0.15, 0.2) is 6.10 Å². The Kier molecular flexibility index (Phi) is 5.92. The topological polar surface area (TPSA) is 76.0 Å². The van der Waals surface area contributed by atoms with Crippen molar-refractivity contribution in [3.05, 3.63) is 0 Å². The molecule has 5 nitrogen and oxygen atoms in total. The van der Waals surface area contributed by atoms with Gasteiger partial charge in [0.05, 0.1) is 12.2 Å². The number of esters is 1. The number of aliphatic hydroxyl groups is 2. The van der Waals surface area contributed by atoms with Crippen LogP contribution in [0.3, 0.4) is 0 Å². The Balaban J connectivity index is 4.42. The minimum absolute atomic E-state index is 0.0672. The molecule has 2 N–H and O–H groups in total. The van der Waals surface area contributed by atoms with E-state index in [4.69, 9.17) is 14.6 Å². The molecule has 0 aliphatic heterocycles. The highest BCUT2D eigenvalue weighted by Crippen LogP contribution is 2.13. The molecule has 0 amide bonds. The summed E-state index contributed by atoms with van der Waals surface area (Å²) in [5.74, 6) is -0.622. The standard InChI is InChI=1S/C11H22O5/c1-7(12)6-8(13)9(15-5)10(14)16-11(2,3)4/h7-9,12-13H,6H2,1-5H3. The van der Waals surface area contributed by atoms with E-state index in [0.29, 0.717) is 0 Å². The molecular formula is C11H22O5. The number of ether oxygens (including phenoxy) is 2. The van der Waals surface area contributed by atoms with Crippen LogP contribution in [0.15, 0.2) is 0 Å². The third kappa shape index (κ3) is 6.05. The van der Waals surface area contributed by atoms with Crippen LogP contribution in [0.1, 0.15) is 34.1 Å². The molecule has 0 saturated carbocycles. The van der Waals surface area contributed by atoms with E-state index in [1.165, 1.54) is 14.0 Å². The van der Waals surface area contributed by atoms with Gasteiger partial charge >= 0.3 is 5.97 Å². The zero-order chi connectivity index (χ0) is 12.9. The van der Waals surface area contributed by atoms with Crippen molar-refractivity contribution >= 4 is 5.97 Å². The Labute approximate surface area is 96.4 Å². The van der Waals surface area contributed by atoms with Gasteiger partial charge in [0.1, 0.15) is 5.60 Å². The number of rotatable bonds is 5. The van der Waals surface area contributed by atoms with E-state index >= 15 is 0 Å². The second-order valence-corrected chi connectivity index (χ2v) is 4.84. The van der Waals surface area contributed by atoms with Crippen LogP contribution in [0.5, 0.6) is 0 Å². The number of carbonyl (C=O) groups excluding carboxylic acids is 1. The van der Waals surface area contributed by atoms with Crippen LogP contribution >= 0.6 is 0 Å². The van der Waals surface area contributed by atoms with Gasteiger partial charge in [-0.1, -0.05) is 0 Å². The van der Waals surface area contributed by atoms with Gasteiger partial charge in [0.25, 0.3) is 0 Å². The van der Waals surface area contributed by atoms with Crippen molar-refractivity contribution in [3.63, 3.8) is 0 Å². The molecule has 0 aliphatic carbocycles. The van der Waals surface area contributed by atoms with Crippen LogP contribution < -0.4 is 0 Å². The molecular weight excluding hydrogens is 212 g/mol. The SMILES string of the molecule is COC(C(=O)OC(C)(C)C)C(O)CC(C)O. The first-order valence-corrected chi connectivity index (χ1v) is 5.29. The summed E-state index contributed by atoms with van der Waals surface area (Å²) in [5.41, 5.74) is -0.627. The molecule has 0 fully saturated rings. The fraction of sp³-hybridized carbons (Fsp3) is 0.909. The van der Waals surface area contributed by atoms with Crippen molar-refractivity contribution < 1.29 is 24.5 Å². The van der Waals surface area contributed by atoms with E-state index in [9.17, 15) is 9.90 Å². The van der Waals surface area contributed by atoms with Crippen molar-refractivity contribution in [2.45, 2.75) is 58.0 Å². The maximum atomic E-state index is 11.6. The van der Waals surface area contributed by atoms with Gasteiger partial charge in [-0.25, -0.2) is 4.79 Å². The number of aliphatic hydroxyl groups excluding tert-OH is 2. The van der Waals surface area contributed by atoms with Crippen molar-refractivity contribution in [3.8, 4) is 0 Å². The molecule has 0 heterocycles. The molecule has 3 atom stereocenters. The van der Waals surface area contributed by atoms with Crippen molar-refractivity contribution in [1.29, 1.82) is 0 Å². The summed E-state index contributed by atoms with van der Waals surface area (Å²) in [6.07, 6.45) is -2.76. The van der Waals surface area contributed by atoms with Crippen LogP contribution in [0.25, 0.3) is 0 Å². The van der Waals surface area contributed by atoms with Gasteiger partial charge in [0.2, 0.25) is 0 Å². The van der Waals surface area contributed by atoms with Gasteiger partial charge in [-0.15, -0.1) is 0 Å². The maximum Gasteiger partial charge on any atom is 0.338 e. The zero-order valence-electron chi connectivity index (χ0n) is 10.6. The minimum Gasteiger partial charge on any atom is -0.458 e. The third-order valence-electron chi connectivity index (χ3n) is 1.83. The molecule has 0 aromatic carbocycles. The summed E-state index contributed by atoms with van der Waals surface area (Å²) >= 11 is 0. The lowest BCUT2D eigenvalue weighted by molar-refractivity contribution is -0.174. The highest BCUT2D eigenvalue weighted by atomic mass is 16.6. The average molecular weight is 234 g/mol. The zero-order valence-corrected chi connectivity index (χ0v) is 10.6. The van der Waals surface area contributed by atoms with Crippen molar-refractivity contribution in [2.75, 3.05) is 7.11 Å². The van der Waals surface area contributed by atoms with E-state index in [1.807, 2.05) is 0 Å². The smallest absolute Gasteiger partial charge is 0.338 e. The van der Waals surface area contributed by atoms with Crippen molar-refractivity contribution in [2.24, 2.45) is 0 Å². The fourth-order valence-corrected chi connectivity index (χ4v) is 1.24. The Bertz CT molecular complexity index is 219. The fourth-order valence-electron chi connectivity index (χ4n) is 1.24. The molecule has 0 bridgehead atoms. The van der Waals surface area contributed by atoms with Crippen LogP contribution in [-0.4, -0.2) is 47.2 Å². The lowest BCUT2D eigenvalue weighted by Crippen LogP contribution is -2.41. The number of hydrogen-bond donors (Lipinski definition) is 2. The molecule has 0 radical (unpaired) electrons. The first-order chi connectivity index (χ1) is 7.17. The van der Waals surface area contributed by atoms with E-state index in [0.717, 1.165) is 0 Å². The molecule has 3 unspecified atom stereocenters. The molecule has 0 aromatic heterocycles. The summed E-state index contributed by atoms with van der Waals surface area (Å²) < 4.78 is 9.97. The second-order valence-electron chi connectivity index (χ2n) is 4.84.